The van der Waals surface area contributed by atoms with Gasteiger partial charge in [-0.2, -0.15) is 13.2 Å². The van der Waals surface area contributed by atoms with Crippen molar-refractivity contribution in [2.24, 2.45) is 4.99 Å². The van der Waals surface area contributed by atoms with E-state index in [9.17, 15) is 31.2 Å². The highest BCUT2D eigenvalue weighted by Crippen LogP contribution is 2.39. The van der Waals surface area contributed by atoms with Crippen LogP contribution in [0.1, 0.15) is 24.5 Å². The number of rotatable bonds is 5. The van der Waals surface area contributed by atoms with Gasteiger partial charge in [0.2, 0.25) is 0 Å². The molecule has 0 bridgehead atoms. The summed E-state index contributed by atoms with van der Waals surface area (Å²) < 4.78 is 67.9. The fourth-order valence-electron chi connectivity index (χ4n) is 3.17. The van der Waals surface area contributed by atoms with E-state index in [0.717, 1.165) is 17.0 Å². The van der Waals surface area contributed by atoms with E-state index >= 15 is 0 Å². The summed E-state index contributed by atoms with van der Waals surface area (Å²) in [7, 11) is -4.87. The lowest BCUT2D eigenvalue weighted by molar-refractivity contribution is -0.195. The molecule has 1 aliphatic rings. The summed E-state index contributed by atoms with van der Waals surface area (Å²) >= 11 is 0. The Morgan fingerprint density at radius 2 is 1.69 bits per heavy atom. The van der Waals surface area contributed by atoms with Crippen LogP contribution >= 0.6 is 0 Å². The molecule has 0 aromatic heterocycles. The molecule has 3 rings (SSSR count). The molecule has 1 aliphatic heterocycles. The van der Waals surface area contributed by atoms with E-state index in [0.29, 0.717) is 12.0 Å². The highest BCUT2D eigenvalue weighted by atomic mass is 32.2. The summed E-state index contributed by atoms with van der Waals surface area (Å²) in [5, 5.41) is -0.578. The van der Waals surface area contributed by atoms with E-state index < -0.39 is 37.7 Å². The number of amides is 2. The second-order valence-corrected chi connectivity index (χ2v) is 9.04. The molecule has 170 valence electrons. The molecule has 2 amide bonds. The van der Waals surface area contributed by atoms with E-state index in [1.165, 1.54) is 29.6 Å². The van der Waals surface area contributed by atoms with Gasteiger partial charge in [0.05, 0.1) is 4.90 Å². The number of hydrogen-bond donors (Lipinski definition) is 1. The first-order valence-electron chi connectivity index (χ1n) is 9.62. The average Bonchev–Trinajstić information content (AvgIpc) is 3.02. The molecule has 32 heavy (non-hydrogen) atoms. The minimum Gasteiger partial charge on any atom is -0.302 e. The van der Waals surface area contributed by atoms with Gasteiger partial charge in [-0.1, -0.05) is 55.0 Å². The molecular weight excluding hydrogens is 447 g/mol. The van der Waals surface area contributed by atoms with Crippen molar-refractivity contribution in [3.8, 4) is 0 Å². The summed E-state index contributed by atoms with van der Waals surface area (Å²) in [6.07, 6.45) is -5.09. The Kier molecular flexibility index (Phi) is 6.14. The Balaban J connectivity index is 2.10. The van der Waals surface area contributed by atoms with Crippen LogP contribution in [0.5, 0.6) is 0 Å². The number of nitrogens with one attached hydrogen (secondary N) is 1. The quantitative estimate of drug-likeness (QED) is 0.729. The first kappa shape index (κ1) is 23.5. The van der Waals surface area contributed by atoms with Crippen LogP contribution in [0.2, 0.25) is 0 Å². The van der Waals surface area contributed by atoms with Gasteiger partial charge in [-0.15, -0.1) is 0 Å². The number of alkyl halides is 3. The molecule has 1 N–H and O–H groups in total. The van der Waals surface area contributed by atoms with Crippen LogP contribution in [-0.4, -0.2) is 48.7 Å². The van der Waals surface area contributed by atoms with Gasteiger partial charge < -0.3 is 5.32 Å². The summed E-state index contributed by atoms with van der Waals surface area (Å²) in [4.78, 5) is 29.4. The number of amidine groups is 1. The molecule has 1 heterocycles. The largest absolute Gasteiger partial charge is 0.442 e. The zero-order valence-electron chi connectivity index (χ0n) is 17.2. The number of aliphatic imine (C=N–C) groups is 1. The molecule has 11 heteroatoms. The molecule has 0 saturated heterocycles. The molecule has 0 radical (unpaired) electrons. The SMILES string of the molecule is CCCN1C(=O)C(NC(=O)S(=O)(=O)c2ccc(C)cc2)(C(F)(F)F)N=C1c1ccccc1. The minimum atomic E-state index is -5.40. The van der Waals surface area contributed by atoms with Crippen LogP contribution in [0.15, 0.2) is 64.5 Å². The molecule has 1 atom stereocenters. The van der Waals surface area contributed by atoms with Gasteiger partial charge in [0.1, 0.15) is 5.84 Å². The third-order valence-electron chi connectivity index (χ3n) is 4.83. The maximum absolute atomic E-state index is 14.2. The van der Waals surface area contributed by atoms with Crippen molar-refractivity contribution in [3.63, 3.8) is 0 Å². The first-order valence-corrected chi connectivity index (χ1v) is 11.1. The van der Waals surface area contributed by atoms with Crippen LogP contribution in [0.4, 0.5) is 18.0 Å². The fourth-order valence-corrected chi connectivity index (χ4v) is 4.16. The summed E-state index contributed by atoms with van der Waals surface area (Å²) in [6, 6.07) is 12.7. The standard InChI is InChI=1S/C21H20F3N3O4S/c1-3-13-27-17(15-7-5-4-6-8-15)25-20(18(27)28,21(22,23)24)26-19(29)32(30,31)16-11-9-14(2)10-12-16/h4-12H,3,13H2,1-2H3,(H,26,29). The highest BCUT2D eigenvalue weighted by Gasteiger charge is 2.67. The number of nitrogens with zero attached hydrogens (tertiary/aromatic N) is 2. The Morgan fingerprint density at radius 1 is 1.09 bits per heavy atom. The van der Waals surface area contributed by atoms with E-state index in [1.54, 1.807) is 32.0 Å². The van der Waals surface area contributed by atoms with Gasteiger partial charge in [-0.05, 0) is 25.5 Å². The van der Waals surface area contributed by atoms with E-state index in [1.807, 2.05) is 0 Å². The number of sulfone groups is 1. The van der Waals surface area contributed by atoms with Gasteiger partial charge in [-0.25, -0.2) is 13.4 Å². The van der Waals surface area contributed by atoms with Crippen molar-refractivity contribution in [2.75, 3.05) is 6.54 Å². The van der Waals surface area contributed by atoms with Crippen LogP contribution < -0.4 is 5.32 Å². The maximum atomic E-state index is 14.2. The molecule has 0 aliphatic carbocycles. The van der Waals surface area contributed by atoms with Crippen molar-refractivity contribution in [2.45, 2.75) is 37.0 Å². The van der Waals surface area contributed by atoms with E-state index in [4.69, 9.17) is 0 Å². The molecule has 0 spiro atoms. The van der Waals surface area contributed by atoms with Gasteiger partial charge >= 0.3 is 17.1 Å². The summed E-state index contributed by atoms with van der Waals surface area (Å²) in [5.41, 5.74) is -2.85. The van der Waals surface area contributed by atoms with E-state index in [-0.39, 0.29) is 17.9 Å². The summed E-state index contributed by atoms with van der Waals surface area (Å²) in [6.45, 7) is 3.23. The Labute approximate surface area is 182 Å². The second kappa shape index (κ2) is 8.38. The molecular formula is C21H20F3N3O4S. The first-order chi connectivity index (χ1) is 14.9. The molecule has 1 unspecified atom stereocenters. The monoisotopic (exact) mass is 467 g/mol. The van der Waals surface area contributed by atoms with E-state index in [2.05, 4.69) is 4.99 Å². The number of hydrogen-bond acceptors (Lipinski definition) is 5. The number of aryl methyl sites for hydroxylation is 1. The zero-order chi connectivity index (χ0) is 23.7. The lowest BCUT2D eigenvalue weighted by atomic mass is 10.1. The fraction of sp³-hybridized carbons (Fsp3) is 0.286. The summed E-state index contributed by atoms with van der Waals surface area (Å²) in [5.74, 6) is -1.87. The van der Waals surface area contributed by atoms with Crippen molar-refractivity contribution in [3.05, 3.63) is 65.7 Å². The zero-order valence-corrected chi connectivity index (χ0v) is 18.0. The number of benzene rings is 2. The normalized spacial score (nSPS) is 19.1. The third-order valence-corrected chi connectivity index (χ3v) is 6.31. The lowest BCUT2D eigenvalue weighted by Gasteiger charge is -2.28. The topological polar surface area (TPSA) is 95.9 Å². The van der Waals surface area contributed by atoms with Gasteiger partial charge in [-0.3, -0.25) is 14.5 Å². The number of halogens is 3. The Hall–Kier alpha value is -3.21. The molecule has 7 nitrogen and oxygen atoms in total. The third kappa shape index (κ3) is 3.99. The molecule has 0 saturated carbocycles. The van der Waals surface area contributed by atoms with Crippen molar-refractivity contribution in [1.82, 2.24) is 10.2 Å². The number of carbonyl (C=O) groups excluding carboxylic acids is 2. The maximum Gasteiger partial charge on any atom is 0.442 e. The predicted octanol–water partition coefficient (Wildman–Crippen LogP) is 3.44. The van der Waals surface area contributed by atoms with Crippen LogP contribution in [0.25, 0.3) is 0 Å². The second-order valence-electron chi connectivity index (χ2n) is 7.20. The predicted molar refractivity (Wildman–Crippen MR) is 111 cm³/mol. The van der Waals surface area contributed by atoms with Crippen LogP contribution in [-0.2, 0) is 14.6 Å². The molecule has 0 fully saturated rings. The highest BCUT2D eigenvalue weighted by molar-refractivity contribution is 8.06. The number of carbonyl (C=O) groups is 2. The van der Waals surface area contributed by atoms with Gasteiger partial charge in [0.15, 0.2) is 0 Å². The Morgan fingerprint density at radius 3 is 2.22 bits per heavy atom. The molecule has 2 aromatic rings. The van der Waals surface area contributed by atoms with Crippen LogP contribution in [0.3, 0.4) is 0 Å². The van der Waals surface area contributed by atoms with Crippen molar-refractivity contribution in [1.29, 1.82) is 0 Å². The minimum absolute atomic E-state index is 0.106. The van der Waals surface area contributed by atoms with Crippen molar-refractivity contribution >= 4 is 26.8 Å². The average molecular weight is 467 g/mol. The van der Waals surface area contributed by atoms with Crippen molar-refractivity contribution < 1.29 is 31.2 Å². The lowest BCUT2D eigenvalue weighted by Crippen LogP contribution is -2.64. The van der Waals surface area contributed by atoms with Crippen LogP contribution in [0, 0.1) is 6.92 Å². The van der Waals surface area contributed by atoms with Gasteiger partial charge in [0, 0.05) is 12.1 Å². The molecule has 2 aromatic carbocycles. The smallest absolute Gasteiger partial charge is 0.302 e. The Bertz CT molecular complexity index is 1160. The van der Waals surface area contributed by atoms with Gasteiger partial charge in [0.25, 0.3) is 15.7 Å².